The zero-order chi connectivity index (χ0) is 17.3. The fourth-order valence-electron chi connectivity index (χ4n) is 2.49. The Labute approximate surface area is 136 Å². The molecule has 0 saturated heterocycles. The summed E-state index contributed by atoms with van der Waals surface area (Å²) in [6.07, 6.45) is 3.40. The smallest absolute Gasteiger partial charge is 0.326 e. The number of nitrogens with one attached hydrogen (secondary N) is 2. The number of rotatable bonds is 5. The maximum Gasteiger partial charge on any atom is 0.326 e. The van der Waals surface area contributed by atoms with Crippen molar-refractivity contribution in [2.24, 2.45) is 7.05 Å². The third-order valence-corrected chi connectivity index (χ3v) is 3.65. The van der Waals surface area contributed by atoms with E-state index in [2.05, 4.69) is 15.4 Å². The molecule has 1 atom stereocenters. The van der Waals surface area contributed by atoms with Gasteiger partial charge in [0.05, 0.1) is 6.20 Å². The minimum absolute atomic E-state index is 0.0799. The lowest BCUT2D eigenvalue weighted by atomic mass is 10.1. The van der Waals surface area contributed by atoms with E-state index in [1.807, 2.05) is 0 Å². The summed E-state index contributed by atoms with van der Waals surface area (Å²) in [6.45, 7) is 0. The number of benzene rings is 1. The van der Waals surface area contributed by atoms with Crippen molar-refractivity contribution >= 4 is 22.8 Å². The first-order valence-electron chi connectivity index (χ1n) is 7.25. The summed E-state index contributed by atoms with van der Waals surface area (Å²) in [5.74, 6) is -1.57. The molecule has 0 aliphatic heterocycles. The number of aromatic amines is 1. The lowest BCUT2D eigenvalue weighted by Crippen LogP contribution is -2.42. The minimum atomic E-state index is -1.12. The van der Waals surface area contributed by atoms with Gasteiger partial charge in [-0.2, -0.15) is 5.10 Å². The van der Waals surface area contributed by atoms with Gasteiger partial charge in [-0.25, -0.2) is 4.79 Å². The van der Waals surface area contributed by atoms with Crippen LogP contribution in [0, 0.1) is 0 Å². The van der Waals surface area contributed by atoms with E-state index in [1.54, 1.807) is 36.3 Å². The molecule has 1 aromatic carbocycles. The van der Waals surface area contributed by atoms with Crippen LogP contribution in [-0.4, -0.2) is 42.9 Å². The van der Waals surface area contributed by atoms with Crippen LogP contribution in [-0.2, 0) is 18.3 Å². The summed E-state index contributed by atoms with van der Waals surface area (Å²) in [5, 5.41) is 26.0. The van der Waals surface area contributed by atoms with Crippen LogP contribution in [0.5, 0.6) is 5.75 Å². The Hall–Kier alpha value is -3.29. The van der Waals surface area contributed by atoms with E-state index in [0.717, 1.165) is 5.39 Å². The van der Waals surface area contributed by atoms with Gasteiger partial charge in [-0.3, -0.25) is 9.48 Å². The Kier molecular flexibility index (Phi) is 3.95. The first-order chi connectivity index (χ1) is 11.4. The lowest BCUT2D eigenvalue weighted by Gasteiger charge is -2.12. The lowest BCUT2D eigenvalue weighted by molar-refractivity contribution is -0.139. The highest BCUT2D eigenvalue weighted by Crippen LogP contribution is 2.20. The number of carboxylic acids is 1. The zero-order valence-corrected chi connectivity index (χ0v) is 12.9. The number of carboxylic acid groups (broad SMARTS) is 1. The normalized spacial score (nSPS) is 12.2. The second kappa shape index (κ2) is 6.07. The van der Waals surface area contributed by atoms with Crippen molar-refractivity contribution in [1.82, 2.24) is 20.1 Å². The molecule has 2 aromatic heterocycles. The number of carbonyl (C=O) groups excluding carboxylic acids is 1. The number of hydrogen-bond donors (Lipinski definition) is 4. The Bertz CT molecular complexity index is 912. The van der Waals surface area contributed by atoms with E-state index in [4.69, 9.17) is 0 Å². The molecule has 2 heterocycles. The number of fused-ring (bicyclic) bond motifs is 1. The molecule has 0 aliphatic carbocycles. The highest BCUT2D eigenvalue weighted by Gasteiger charge is 2.22. The summed E-state index contributed by atoms with van der Waals surface area (Å²) < 4.78 is 1.57. The number of H-pyrrole nitrogens is 1. The molecule has 24 heavy (non-hydrogen) atoms. The Morgan fingerprint density at radius 3 is 2.83 bits per heavy atom. The van der Waals surface area contributed by atoms with Gasteiger partial charge in [-0.15, -0.1) is 0 Å². The molecule has 3 rings (SSSR count). The van der Waals surface area contributed by atoms with E-state index in [-0.39, 0.29) is 17.9 Å². The van der Waals surface area contributed by atoms with Gasteiger partial charge in [0.25, 0.3) is 5.91 Å². The van der Waals surface area contributed by atoms with Gasteiger partial charge in [0.1, 0.15) is 17.5 Å². The average Bonchev–Trinajstić information content (AvgIpc) is 3.12. The van der Waals surface area contributed by atoms with Gasteiger partial charge >= 0.3 is 5.97 Å². The van der Waals surface area contributed by atoms with Gasteiger partial charge in [-0.05, 0) is 23.8 Å². The van der Waals surface area contributed by atoms with Crippen LogP contribution in [0.25, 0.3) is 10.9 Å². The molecule has 0 saturated carbocycles. The van der Waals surface area contributed by atoms with E-state index < -0.39 is 17.9 Å². The monoisotopic (exact) mass is 328 g/mol. The largest absolute Gasteiger partial charge is 0.508 e. The van der Waals surface area contributed by atoms with Crippen LogP contribution in [0.2, 0.25) is 0 Å². The summed E-state index contributed by atoms with van der Waals surface area (Å²) in [5.41, 5.74) is 1.54. The number of aromatic nitrogens is 3. The summed E-state index contributed by atoms with van der Waals surface area (Å²) in [6, 6.07) is 5.22. The topological polar surface area (TPSA) is 120 Å². The van der Waals surface area contributed by atoms with Crippen molar-refractivity contribution in [2.45, 2.75) is 12.5 Å². The number of phenolic OH excluding ortho intramolecular Hbond substituents is 1. The highest BCUT2D eigenvalue weighted by atomic mass is 16.4. The van der Waals surface area contributed by atoms with Crippen LogP contribution in [0.3, 0.4) is 0 Å². The van der Waals surface area contributed by atoms with Crippen molar-refractivity contribution < 1.29 is 19.8 Å². The van der Waals surface area contributed by atoms with Gasteiger partial charge in [0.15, 0.2) is 0 Å². The first-order valence-corrected chi connectivity index (χ1v) is 7.25. The molecule has 8 heteroatoms. The molecular formula is C16H16N4O4. The third kappa shape index (κ3) is 3.22. The van der Waals surface area contributed by atoms with Crippen LogP contribution < -0.4 is 5.32 Å². The Morgan fingerprint density at radius 1 is 1.38 bits per heavy atom. The van der Waals surface area contributed by atoms with Crippen LogP contribution in [0.1, 0.15) is 16.1 Å². The number of hydrogen-bond acceptors (Lipinski definition) is 4. The van der Waals surface area contributed by atoms with Gasteiger partial charge in [-0.1, -0.05) is 0 Å². The van der Waals surface area contributed by atoms with Gasteiger partial charge in [0, 0.05) is 36.6 Å². The standard InChI is InChI=1S/C16H16N4O4/c1-20-8-9(7-17-20)4-14(16(23)24)19-15(22)13-5-10-2-3-11(21)6-12(10)18-13/h2-3,5-8,14,18,21H,4H2,1H3,(H,19,22)(H,23,24). The Morgan fingerprint density at radius 2 is 2.17 bits per heavy atom. The Balaban J connectivity index is 1.77. The second-order valence-corrected chi connectivity index (χ2v) is 5.55. The van der Waals surface area contributed by atoms with Crippen molar-refractivity contribution in [2.75, 3.05) is 0 Å². The van der Waals surface area contributed by atoms with Crippen molar-refractivity contribution in [3.63, 3.8) is 0 Å². The molecule has 0 fully saturated rings. The van der Waals surface area contributed by atoms with Gasteiger partial charge in [0.2, 0.25) is 0 Å². The summed E-state index contributed by atoms with van der Waals surface area (Å²) >= 11 is 0. The molecule has 124 valence electrons. The van der Waals surface area contributed by atoms with Gasteiger partial charge < -0.3 is 20.5 Å². The van der Waals surface area contributed by atoms with E-state index in [9.17, 15) is 19.8 Å². The molecule has 0 aliphatic rings. The third-order valence-electron chi connectivity index (χ3n) is 3.65. The molecule has 1 amide bonds. The zero-order valence-electron chi connectivity index (χ0n) is 12.9. The van der Waals surface area contributed by atoms with Crippen molar-refractivity contribution in [1.29, 1.82) is 0 Å². The molecule has 4 N–H and O–H groups in total. The average molecular weight is 328 g/mol. The number of phenols is 1. The molecule has 0 bridgehead atoms. The van der Waals surface area contributed by atoms with Crippen molar-refractivity contribution in [3.8, 4) is 5.75 Å². The summed E-state index contributed by atoms with van der Waals surface area (Å²) in [7, 11) is 1.73. The number of amides is 1. The maximum atomic E-state index is 12.3. The van der Waals surface area contributed by atoms with E-state index in [0.29, 0.717) is 11.1 Å². The summed E-state index contributed by atoms with van der Waals surface area (Å²) in [4.78, 5) is 26.6. The highest BCUT2D eigenvalue weighted by molar-refractivity contribution is 5.99. The number of aliphatic carboxylic acids is 1. The van der Waals surface area contributed by atoms with E-state index in [1.165, 1.54) is 12.1 Å². The SMILES string of the molecule is Cn1cc(CC(NC(=O)c2cc3ccc(O)cc3[nH]2)C(=O)O)cn1. The number of nitrogens with zero attached hydrogens (tertiary/aromatic N) is 2. The molecular weight excluding hydrogens is 312 g/mol. The number of aromatic hydroxyl groups is 1. The minimum Gasteiger partial charge on any atom is -0.508 e. The van der Waals surface area contributed by atoms with Crippen LogP contribution in [0.15, 0.2) is 36.7 Å². The molecule has 0 spiro atoms. The fourth-order valence-corrected chi connectivity index (χ4v) is 2.49. The predicted octanol–water partition coefficient (Wildman–Crippen LogP) is 1.03. The maximum absolute atomic E-state index is 12.3. The fraction of sp³-hybridized carbons (Fsp3) is 0.188. The van der Waals surface area contributed by atoms with Crippen molar-refractivity contribution in [3.05, 3.63) is 47.9 Å². The first kappa shape index (κ1) is 15.6. The molecule has 3 aromatic rings. The number of carbonyl (C=O) groups is 2. The number of aryl methyl sites for hydroxylation is 1. The second-order valence-electron chi connectivity index (χ2n) is 5.55. The molecule has 0 radical (unpaired) electrons. The van der Waals surface area contributed by atoms with Crippen LogP contribution in [0.4, 0.5) is 0 Å². The predicted molar refractivity (Wildman–Crippen MR) is 85.8 cm³/mol. The molecule has 1 unspecified atom stereocenters. The molecule has 8 nitrogen and oxygen atoms in total. The quantitative estimate of drug-likeness (QED) is 0.557. The van der Waals surface area contributed by atoms with Crippen LogP contribution >= 0.6 is 0 Å². The van der Waals surface area contributed by atoms with E-state index >= 15 is 0 Å².